The molecule has 1 aromatic carbocycles. The lowest BCUT2D eigenvalue weighted by molar-refractivity contribution is 0.0769. The Morgan fingerprint density at radius 2 is 1.88 bits per heavy atom. The first kappa shape index (κ1) is 19.6. The van der Waals surface area contributed by atoms with Crippen molar-refractivity contribution in [2.75, 3.05) is 53.6 Å². The summed E-state index contributed by atoms with van der Waals surface area (Å²) in [6, 6.07) is 1.95. The summed E-state index contributed by atoms with van der Waals surface area (Å²) in [5, 5.41) is 18.5. The Morgan fingerprint density at radius 1 is 1.28 bits per heavy atom. The Bertz CT molecular complexity index is 591. The molecule has 2 rings (SSSR count). The molecule has 140 valence electrons. The van der Waals surface area contributed by atoms with E-state index in [0.717, 1.165) is 12.1 Å². The van der Waals surface area contributed by atoms with E-state index in [1.54, 1.807) is 0 Å². The standard InChI is InChI=1S/C17H24F2N2O4/c1-20(3-4-22)7-11-8-21(9-12(11)10-23)17(24)16-14(18)5-13(25-2)6-15(16)19/h5-6,11-12,22-23H,3-4,7-10H2,1-2H3/t11-,12-/m1/s1. The number of aliphatic hydroxyl groups excluding tert-OH is 2. The Labute approximate surface area is 145 Å². The molecular formula is C17H24F2N2O4. The number of carbonyl (C=O) groups excluding carboxylic acids is 1. The van der Waals surface area contributed by atoms with Crippen LogP contribution in [0.1, 0.15) is 10.4 Å². The van der Waals surface area contributed by atoms with Crippen molar-refractivity contribution in [3.05, 3.63) is 29.3 Å². The minimum absolute atomic E-state index is 0.00436. The van der Waals surface area contributed by atoms with Gasteiger partial charge in [-0.2, -0.15) is 0 Å². The number of methoxy groups -OCH3 is 1. The van der Waals surface area contributed by atoms with Crippen LogP contribution in [0.4, 0.5) is 8.78 Å². The minimum Gasteiger partial charge on any atom is -0.497 e. The quantitative estimate of drug-likeness (QED) is 0.746. The summed E-state index contributed by atoms with van der Waals surface area (Å²) in [7, 11) is 3.12. The van der Waals surface area contributed by atoms with Crippen LogP contribution in [-0.2, 0) is 0 Å². The van der Waals surface area contributed by atoms with Crippen molar-refractivity contribution in [2.45, 2.75) is 0 Å². The SMILES string of the molecule is COc1cc(F)c(C(=O)N2C[C@@H](CN(C)CCO)[C@@H](CO)C2)c(F)c1. The molecule has 0 aromatic heterocycles. The highest BCUT2D eigenvalue weighted by molar-refractivity contribution is 5.95. The Hall–Kier alpha value is -1.77. The molecule has 8 heteroatoms. The van der Waals surface area contributed by atoms with E-state index in [9.17, 15) is 18.7 Å². The van der Waals surface area contributed by atoms with Gasteiger partial charge in [0.2, 0.25) is 0 Å². The third-order valence-electron chi connectivity index (χ3n) is 4.59. The van der Waals surface area contributed by atoms with Gasteiger partial charge in [-0.15, -0.1) is 0 Å². The van der Waals surface area contributed by atoms with E-state index in [1.807, 2.05) is 11.9 Å². The van der Waals surface area contributed by atoms with Gasteiger partial charge in [-0.25, -0.2) is 8.78 Å². The summed E-state index contributed by atoms with van der Waals surface area (Å²) in [4.78, 5) is 15.8. The van der Waals surface area contributed by atoms with Crippen LogP contribution in [0.3, 0.4) is 0 Å². The van der Waals surface area contributed by atoms with Gasteiger partial charge in [-0.1, -0.05) is 0 Å². The van der Waals surface area contributed by atoms with E-state index in [-0.39, 0.29) is 37.3 Å². The number of carbonyl (C=O) groups is 1. The molecule has 1 aliphatic rings. The van der Waals surface area contributed by atoms with Crippen molar-refractivity contribution in [1.82, 2.24) is 9.80 Å². The minimum atomic E-state index is -0.969. The fraction of sp³-hybridized carbons (Fsp3) is 0.588. The first-order valence-electron chi connectivity index (χ1n) is 8.13. The second-order valence-electron chi connectivity index (χ2n) is 6.36. The Balaban J connectivity index is 2.15. The van der Waals surface area contributed by atoms with E-state index < -0.39 is 23.1 Å². The maximum absolute atomic E-state index is 14.1. The van der Waals surface area contributed by atoms with Gasteiger partial charge in [0.05, 0.1) is 13.7 Å². The molecule has 1 fully saturated rings. The van der Waals surface area contributed by atoms with Gasteiger partial charge in [0.1, 0.15) is 22.9 Å². The second kappa shape index (κ2) is 8.55. The lowest BCUT2D eigenvalue weighted by Crippen LogP contribution is -2.34. The molecule has 0 unspecified atom stereocenters. The number of rotatable bonds is 7. The van der Waals surface area contributed by atoms with E-state index in [1.165, 1.54) is 12.0 Å². The lowest BCUT2D eigenvalue weighted by atomic mass is 9.96. The Kier molecular flexibility index (Phi) is 6.69. The summed E-state index contributed by atoms with van der Waals surface area (Å²) in [5.41, 5.74) is -0.609. The number of aliphatic hydroxyl groups is 2. The van der Waals surface area contributed by atoms with Crippen LogP contribution in [0.2, 0.25) is 0 Å². The van der Waals surface area contributed by atoms with Crippen molar-refractivity contribution in [1.29, 1.82) is 0 Å². The molecule has 1 aromatic rings. The largest absolute Gasteiger partial charge is 0.497 e. The number of halogens is 2. The third-order valence-corrected chi connectivity index (χ3v) is 4.59. The summed E-state index contributed by atoms with van der Waals surface area (Å²) in [6.45, 7) is 1.48. The molecule has 1 aliphatic heterocycles. The second-order valence-corrected chi connectivity index (χ2v) is 6.36. The van der Waals surface area contributed by atoms with Crippen LogP contribution >= 0.6 is 0 Å². The summed E-state index contributed by atoms with van der Waals surface area (Å²) in [5.74, 6) is -2.87. The first-order chi connectivity index (χ1) is 11.9. The summed E-state index contributed by atoms with van der Waals surface area (Å²) >= 11 is 0. The zero-order valence-electron chi connectivity index (χ0n) is 14.4. The normalized spacial score (nSPS) is 20.4. The molecule has 6 nitrogen and oxygen atoms in total. The lowest BCUT2D eigenvalue weighted by Gasteiger charge is -2.23. The molecule has 2 N–H and O–H groups in total. The number of ether oxygens (including phenoxy) is 1. The van der Waals surface area contributed by atoms with Crippen molar-refractivity contribution < 1.29 is 28.5 Å². The van der Waals surface area contributed by atoms with Crippen molar-refractivity contribution >= 4 is 5.91 Å². The smallest absolute Gasteiger partial charge is 0.259 e. The van der Waals surface area contributed by atoms with Crippen molar-refractivity contribution in [3.8, 4) is 5.75 Å². The van der Waals surface area contributed by atoms with Gasteiger partial charge in [-0.05, 0) is 13.0 Å². The maximum atomic E-state index is 14.1. The first-order valence-corrected chi connectivity index (χ1v) is 8.13. The molecule has 1 heterocycles. The number of benzene rings is 1. The fourth-order valence-electron chi connectivity index (χ4n) is 3.21. The van der Waals surface area contributed by atoms with Crippen molar-refractivity contribution in [2.24, 2.45) is 11.8 Å². The molecular weight excluding hydrogens is 334 g/mol. The molecule has 0 radical (unpaired) electrons. The highest BCUT2D eigenvalue weighted by Gasteiger charge is 2.37. The monoisotopic (exact) mass is 358 g/mol. The average Bonchev–Trinajstić information content (AvgIpc) is 2.96. The maximum Gasteiger partial charge on any atom is 0.259 e. The molecule has 1 amide bonds. The van der Waals surface area contributed by atoms with Gasteiger partial charge in [0, 0.05) is 50.8 Å². The number of likely N-dealkylation sites (tertiary alicyclic amines) is 1. The number of nitrogens with zero attached hydrogens (tertiary/aromatic N) is 2. The van der Waals surface area contributed by atoms with Crippen LogP contribution < -0.4 is 4.74 Å². The van der Waals surface area contributed by atoms with Crippen LogP contribution in [-0.4, -0.2) is 79.5 Å². The molecule has 0 spiro atoms. The van der Waals surface area contributed by atoms with Crippen LogP contribution in [0, 0.1) is 23.5 Å². The summed E-state index contributed by atoms with van der Waals surface area (Å²) in [6.07, 6.45) is 0. The zero-order valence-corrected chi connectivity index (χ0v) is 14.4. The number of amides is 1. The van der Waals surface area contributed by atoms with Crippen LogP contribution in [0.25, 0.3) is 0 Å². The zero-order chi connectivity index (χ0) is 18.6. The van der Waals surface area contributed by atoms with Crippen LogP contribution in [0.5, 0.6) is 5.75 Å². The third kappa shape index (κ3) is 4.45. The predicted molar refractivity (Wildman–Crippen MR) is 87.5 cm³/mol. The Morgan fingerprint density at radius 3 is 2.40 bits per heavy atom. The van der Waals surface area contributed by atoms with E-state index in [0.29, 0.717) is 19.6 Å². The van der Waals surface area contributed by atoms with Gasteiger partial charge in [-0.3, -0.25) is 4.79 Å². The van der Waals surface area contributed by atoms with Gasteiger partial charge < -0.3 is 24.7 Å². The highest BCUT2D eigenvalue weighted by atomic mass is 19.1. The summed E-state index contributed by atoms with van der Waals surface area (Å²) < 4.78 is 33.1. The van der Waals surface area contributed by atoms with E-state index in [2.05, 4.69) is 0 Å². The molecule has 25 heavy (non-hydrogen) atoms. The van der Waals surface area contributed by atoms with Gasteiger partial charge in [0.25, 0.3) is 5.91 Å². The molecule has 0 aliphatic carbocycles. The average molecular weight is 358 g/mol. The topological polar surface area (TPSA) is 73.2 Å². The number of likely N-dealkylation sites (N-methyl/N-ethyl adjacent to an activating group) is 1. The van der Waals surface area contributed by atoms with Gasteiger partial charge in [0.15, 0.2) is 0 Å². The molecule has 1 saturated heterocycles. The molecule has 0 saturated carbocycles. The number of hydrogen-bond donors (Lipinski definition) is 2. The predicted octanol–water partition coefficient (Wildman–Crippen LogP) is 0.578. The fourth-order valence-corrected chi connectivity index (χ4v) is 3.21. The van der Waals surface area contributed by atoms with E-state index in [4.69, 9.17) is 9.84 Å². The van der Waals surface area contributed by atoms with E-state index >= 15 is 0 Å². The van der Waals surface area contributed by atoms with Crippen LogP contribution in [0.15, 0.2) is 12.1 Å². The number of hydrogen-bond acceptors (Lipinski definition) is 5. The molecule has 2 atom stereocenters. The van der Waals surface area contributed by atoms with Gasteiger partial charge >= 0.3 is 0 Å². The highest BCUT2D eigenvalue weighted by Crippen LogP contribution is 2.28. The van der Waals surface area contributed by atoms with Crippen molar-refractivity contribution in [3.63, 3.8) is 0 Å². The molecule has 0 bridgehead atoms.